The largest absolute Gasteiger partial charge is 0.357 e. The lowest BCUT2D eigenvalue weighted by molar-refractivity contribution is -0.127. The van der Waals surface area contributed by atoms with Gasteiger partial charge in [-0.1, -0.05) is 18.2 Å². The number of hydrogen-bond acceptors (Lipinski definition) is 3. The Morgan fingerprint density at radius 2 is 1.97 bits per heavy atom. The fourth-order valence-electron chi connectivity index (χ4n) is 3.64. The predicted octanol–water partition coefficient (Wildman–Crippen LogP) is 3.17. The molecule has 2 aromatic rings. The van der Waals surface area contributed by atoms with Gasteiger partial charge < -0.3 is 15.5 Å². The standard InChI is InChI=1S/C22H32N6O.HI/c1-4-23-22(24-13-9-15-27-14-8-12-21(27)29)25-16-20-17(2)26-28(18(20)3)19-10-6-5-7-11-19;/h5-7,10-11H,4,8-9,12-16H2,1-3H3,(H2,23,24,25);1H. The molecular formula is C22H33IN6O. The third kappa shape index (κ3) is 6.20. The molecule has 2 heterocycles. The van der Waals surface area contributed by atoms with Gasteiger partial charge in [-0.2, -0.15) is 5.10 Å². The molecule has 164 valence electrons. The van der Waals surface area contributed by atoms with Crippen molar-refractivity contribution in [3.05, 3.63) is 47.3 Å². The van der Waals surface area contributed by atoms with Crippen molar-refractivity contribution in [1.82, 2.24) is 25.3 Å². The van der Waals surface area contributed by atoms with Crippen molar-refractivity contribution in [3.8, 4) is 5.69 Å². The van der Waals surface area contributed by atoms with Crippen molar-refractivity contribution >= 4 is 35.8 Å². The molecule has 1 aromatic carbocycles. The van der Waals surface area contributed by atoms with Gasteiger partial charge in [0.2, 0.25) is 5.91 Å². The Balaban J connectivity index is 0.00000320. The Kier molecular flexibility index (Phi) is 9.61. The fraction of sp³-hybridized carbons (Fsp3) is 0.500. The van der Waals surface area contributed by atoms with Crippen LogP contribution in [0.25, 0.3) is 5.69 Å². The summed E-state index contributed by atoms with van der Waals surface area (Å²) in [4.78, 5) is 18.4. The number of carbonyl (C=O) groups excluding carboxylic acids is 1. The first kappa shape index (κ1) is 24.2. The van der Waals surface area contributed by atoms with Crippen LogP contribution in [0.3, 0.4) is 0 Å². The number of hydrogen-bond donors (Lipinski definition) is 2. The van der Waals surface area contributed by atoms with Crippen LogP contribution in [0.2, 0.25) is 0 Å². The zero-order chi connectivity index (χ0) is 20.6. The number of para-hydroxylation sites is 1. The highest BCUT2D eigenvalue weighted by Crippen LogP contribution is 2.18. The minimum Gasteiger partial charge on any atom is -0.357 e. The van der Waals surface area contributed by atoms with Gasteiger partial charge in [-0.3, -0.25) is 4.79 Å². The number of carbonyl (C=O) groups is 1. The molecule has 8 heteroatoms. The minimum atomic E-state index is 0. The average Bonchev–Trinajstić information content (AvgIpc) is 3.26. The maximum absolute atomic E-state index is 11.7. The van der Waals surface area contributed by atoms with Gasteiger partial charge in [-0.15, -0.1) is 24.0 Å². The van der Waals surface area contributed by atoms with Crippen molar-refractivity contribution in [1.29, 1.82) is 0 Å². The molecule has 1 aliphatic rings. The SMILES string of the molecule is CCNC(=NCc1c(C)nn(-c2ccccc2)c1C)NCCCN1CCCC1=O.I. The van der Waals surface area contributed by atoms with E-state index in [2.05, 4.69) is 36.6 Å². The molecular weight excluding hydrogens is 491 g/mol. The second-order valence-electron chi connectivity index (χ2n) is 7.36. The second kappa shape index (κ2) is 11.9. The zero-order valence-electron chi connectivity index (χ0n) is 18.1. The van der Waals surface area contributed by atoms with Gasteiger partial charge in [0.05, 0.1) is 17.9 Å². The number of rotatable bonds is 8. The number of aromatic nitrogens is 2. The van der Waals surface area contributed by atoms with Crippen molar-refractivity contribution in [2.45, 2.75) is 46.6 Å². The summed E-state index contributed by atoms with van der Waals surface area (Å²) in [5.74, 6) is 1.08. The molecule has 2 N–H and O–H groups in total. The van der Waals surface area contributed by atoms with Crippen LogP contribution in [-0.4, -0.2) is 52.7 Å². The molecule has 1 fully saturated rings. The number of aliphatic imine (C=N–C) groups is 1. The minimum absolute atomic E-state index is 0. The first-order valence-electron chi connectivity index (χ1n) is 10.5. The summed E-state index contributed by atoms with van der Waals surface area (Å²) in [5, 5.41) is 11.4. The quantitative estimate of drug-likeness (QED) is 0.241. The number of halogens is 1. The third-order valence-corrected chi connectivity index (χ3v) is 5.25. The van der Waals surface area contributed by atoms with E-state index in [9.17, 15) is 4.79 Å². The van der Waals surface area contributed by atoms with Crippen LogP contribution in [0.5, 0.6) is 0 Å². The Bertz CT molecular complexity index is 849. The molecule has 1 amide bonds. The van der Waals surface area contributed by atoms with E-state index in [0.717, 1.165) is 67.6 Å². The van der Waals surface area contributed by atoms with E-state index in [1.54, 1.807) is 0 Å². The van der Waals surface area contributed by atoms with Crippen LogP contribution in [-0.2, 0) is 11.3 Å². The highest BCUT2D eigenvalue weighted by atomic mass is 127. The van der Waals surface area contributed by atoms with Gasteiger partial charge in [-0.25, -0.2) is 9.67 Å². The van der Waals surface area contributed by atoms with Crippen LogP contribution in [0.15, 0.2) is 35.3 Å². The van der Waals surface area contributed by atoms with Crippen LogP contribution >= 0.6 is 24.0 Å². The van der Waals surface area contributed by atoms with Gasteiger partial charge in [0.15, 0.2) is 5.96 Å². The number of aryl methyl sites for hydroxylation is 1. The van der Waals surface area contributed by atoms with Crippen LogP contribution in [0.4, 0.5) is 0 Å². The van der Waals surface area contributed by atoms with Gasteiger partial charge in [0, 0.05) is 43.9 Å². The number of guanidine groups is 1. The smallest absolute Gasteiger partial charge is 0.222 e. The Hall–Kier alpha value is -2.10. The van der Waals surface area contributed by atoms with E-state index in [1.807, 2.05) is 34.7 Å². The Labute approximate surface area is 196 Å². The van der Waals surface area contributed by atoms with Gasteiger partial charge >= 0.3 is 0 Å². The van der Waals surface area contributed by atoms with E-state index < -0.39 is 0 Å². The molecule has 0 atom stereocenters. The Morgan fingerprint density at radius 1 is 1.20 bits per heavy atom. The lowest BCUT2D eigenvalue weighted by atomic mass is 10.2. The first-order chi connectivity index (χ1) is 14.1. The van der Waals surface area contributed by atoms with Crippen LogP contribution in [0, 0.1) is 13.8 Å². The molecule has 0 radical (unpaired) electrons. The number of likely N-dealkylation sites (tertiary alicyclic amines) is 1. The lowest BCUT2D eigenvalue weighted by Crippen LogP contribution is -2.39. The molecule has 0 spiro atoms. The van der Waals surface area contributed by atoms with Crippen LogP contribution < -0.4 is 10.6 Å². The first-order valence-corrected chi connectivity index (χ1v) is 10.5. The highest BCUT2D eigenvalue weighted by molar-refractivity contribution is 14.0. The van der Waals surface area contributed by atoms with Crippen LogP contribution in [0.1, 0.15) is 43.1 Å². The summed E-state index contributed by atoms with van der Waals surface area (Å²) in [6, 6.07) is 10.2. The molecule has 0 unspecified atom stereocenters. The molecule has 0 bridgehead atoms. The van der Waals surface area contributed by atoms with E-state index in [4.69, 9.17) is 10.1 Å². The summed E-state index contributed by atoms with van der Waals surface area (Å²) in [6.07, 6.45) is 2.61. The third-order valence-electron chi connectivity index (χ3n) is 5.25. The molecule has 0 aliphatic carbocycles. The molecule has 0 saturated carbocycles. The lowest BCUT2D eigenvalue weighted by Gasteiger charge is -2.16. The molecule has 1 aliphatic heterocycles. The predicted molar refractivity (Wildman–Crippen MR) is 132 cm³/mol. The van der Waals surface area contributed by atoms with Crippen molar-refractivity contribution in [2.24, 2.45) is 4.99 Å². The van der Waals surface area contributed by atoms with Gasteiger partial charge in [0.25, 0.3) is 0 Å². The van der Waals surface area contributed by atoms with E-state index in [0.29, 0.717) is 13.0 Å². The van der Waals surface area contributed by atoms with E-state index in [1.165, 1.54) is 0 Å². The molecule has 7 nitrogen and oxygen atoms in total. The molecule has 1 aromatic heterocycles. The van der Waals surface area contributed by atoms with Gasteiger partial charge in [0.1, 0.15) is 0 Å². The summed E-state index contributed by atoms with van der Waals surface area (Å²) < 4.78 is 1.98. The molecule has 1 saturated heterocycles. The topological polar surface area (TPSA) is 74.6 Å². The fourth-order valence-corrected chi connectivity index (χ4v) is 3.64. The van der Waals surface area contributed by atoms with Gasteiger partial charge in [-0.05, 0) is 45.7 Å². The molecule has 30 heavy (non-hydrogen) atoms. The maximum Gasteiger partial charge on any atom is 0.222 e. The number of benzene rings is 1. The highest BCUT2D eigenvalue weighted by Gasteiger charge is 2.19. The molecule has 3 rings (SSSR count). The number of nitrogens with zero attached hydrogens (tertiary/aromatic N) is 4. The van der Waals surface area contributed by atoms with E-state index >= 15 is 0 Å². The van der Waals surface area contributed by atoms with Crippen molar-refractivity contribution < 1.29 is 4.79 Å². The van der Waals surface area contributed by atoms with E-state index in [-0.39, 0.29) is 29.9 Å². The zero-order valence-corrected chi connectivity index (χ0v) is 20.5. The second-order valence-corrected chi connectivity index (χ2v) is 7.36. The average molecular weight is 524 g/mol. The monoisotopic (exact) mass is 524 g/mol. The maximum atomic E-state index is 11.7. The number of nitrogens with one attached hydrogen (secondary N) is 2. The Morgan fingerprint density at radius 3 is 2.63 bits per heavy atom. The summed E-state index contributed by atoms with van der Waals surface area (Å²) in [5.41, 5.74) is 4.32. The van der Waals surface area contributed by atoms with Crippen molar-refractivity contribution in [2.75, 3.05) is 26.2 Å². The summed E-state index contributed by atoms with van der Waals surface area (Å²) >= 11 is 0. The summed E-state index contributed by atoms with van der Waals surface area (Å²) in [6.45, 7) is 10.1. The summed E-state index contributed by atoms with van der Waals surface area (Å²) in [7, 11) is 0. The van der Waals surface area contributed by atoms with Crippen molar-refractivity contribution in [3.63, 3.8) is 0 Å². The number of amides is 1. The normalized spacial score (nSPS) is 14.0.